The van der Waals surface area contributed by atoms with Gasteiger partial charge in [-0.15, -0.1) is 0 Å². The molecule has 3 aromatic rings. The van der Waals surface area contributed by atoms with Crippen molar-refractivity contribution >= 4 is 33.0 Å². The van der Waals surface area contributed by atoms with E-state index in [9.17, 15) is 17.6 Å². The fourth-order valence-corrected chi connectivity index (χ4v) is 4.68. The van der Waals surface area contributed by atoms with Gasteiger partial charge < -0.3 is 14.8 Å². The third-order valence-electron chi connectivity index (χ3n) is 5.82. The van der Waals surface area contributed by atoms with Crippen LogP contribution in [-0.2, 0) is 14.6 Å². The smallest absolute Gasteiger partial charge is 0.238 e. The molecule has 1 aliphatic rings. The zero-order chi connectivity index (χ0) is 26.6. The van der Waals surface area contributed by atoms with Crippen LogP contribution in [0.2, 0.25) is 5.02 Å². The Kier molecular flexibility index (Phi) is 8.25. The molecule has 1 saturated heterocycles. The lowest BCUT2D eigenvalue weighted by Gasteiger charge is -2.31. The van der Waals surface area contributed by atoms with Gasteiger partial charge >= 0.3 is 0 Å². The molecule has 37 heavy (non-hydrogen) atoms. The maximum Gasteiger partial charge on any atom is 0.238 e. The number of likely N-dealkylation sites (tertiary alicyclic amines) is 1. The lowest BCUT2D eigenvalue weighted by Crippen LogP contribution is -2.42. The Morgan fingerprint density at radius 2 is 1.89 bits per heavy atom. The summed E-state index contributed by atoms with van der Waals surface area (Å²) in [4.78, 5) is 22.5. The Hall–Kier alpha value is -3.28. The number of anilines is 1. The number of rotatable bonds is 8. The van der Waals surface area contributed by atoms with Crippen LogP contribution < -0.4 is 14.8 Å². The molecule has 12 heteroatoms. The molecule has 196 valence electrons. The average Bonchev–Trinajstić information content (AvgIpc) is 2.83. The van der Waals surface area contributed by atoms with Gasteiger partial charge in [0.1, 0.15) is 12.4 Å². The fraction of sp³-hybridized carbons (Fsp3) is 0.320. The number of amides is 1. The number of benzene rings is 2. The van der Waals surface area contributed by atoms with E-state index in [0.717, 1.165) is 12.3 Å². The molecule has 0 unspecified atom stereocenters. The SMILES string of the molecule is Cc1c(Oc2ccc(S(C)(=O)=O)cc2F)ncnc1OC1CCN(CC(=O)Nc2cccc(Cl)c2)CC1. The Balaban J connectivity index is 1.32. The van der Waals surface area contributed by atoms with Gasteiger partial charge in [-0.05, 0) is 56.2 Å². The molecule has 1 aromatic heterocycles. The fourth-order valence-electron chi connectivity index (χ4n) is 3.85. The molecule has 0 bridgehead atoms. The molecule has 1 N–H and O–H groups in total. The number of nitrogens with zero attached hydrogens (tertiary/aromatic N) is 3. The molecule has 1 amide bonds. The van der Waals surface area contributed by atoms with Crippen LogP contribution in [0.4, 0.5) is 10.1 Å². The van der Waals surface area contributed by atoms with Crippen LogP contribution in [0.3, 0.4) is 0 Å². The molecule has 0 radical (unpaired) electrons. The highest BCUT2D eigenvalue weighted by Crippen LogP contribution is 2.31. The number of piperidine rings is 1. The first-order valence-corrected chi connectivity index (χ1v) is 13.8. The zero-order valence-corrected chi connectivity index (χ0v) is 21.9. The second-order valence-corrected chi connectivity index (χ2v) is 11.2. The topological polar surface area (TPSA) is 111 Å². The van der Waals surface area contributed by atoms with Crippen molar-refractivity contribution < 1.29 is 27.1 Å². The molecular formula is C25H26ClFN4O5S. The van der Waals surface area contributed by atoms with Crippen LogP contribution in [0, 0.1) is 12.7 Å². The first-order chi connectivity index (χ1) is 17.6. The largest absolute Gasteiger partial charge is 0.474 e. The third kappa shape index (κ3) is 7.15. The second-order valence-electron chi connectivity index (χ2n) is 8.73. The number of halogens is 2. The lowest BCUT2D eigenvalue weighted by atomic mass is 10.1. The molecule has 4 rings (SSSR count). The van der Waals surface area contributed by atoms with Crippen LogP contribution in [-0.4, -0.2) is 61.2 Å². The quantitative estimate of drug-likeness (QED) is 0.445. The maximum atomic E-state index is 14.4. The first-order valence-electron chi connectivity index (χ1n) is 11.5. The van der Waals surface area contributed by atoms with E-state index >= 15 is 0 Å². The average molecular weight is 549 g/mol. The summed E-state index contributed by atoms with van der Waals surface area (Å²) in [5.74, 6) is -0.687. The van der Waals surface area contributed by atoms with E-state index in [1.54, 1.807) is 31.2 Å². The minimum Gasteiger partial charge on any atom is -0.474 e. The Morgan fingerprint density at radius 1 is 1.16 bits per heavy atom. The van der Waals surface area contributed by atoms with E-state index in [1.165, 1.54) is 18.5 Å². The number of aromatic nitrogens is 2. The summed E-state index contributed by atoms with van der Waals surface area (Å²) < 4.78 is 49.4. The van der Waals surface area contributed by atoms with Gasteiger partial charge in [-0.25, -0.2) is 22.8 Å². The lowest BCUT2D eigenvalue weighted by molar-refractivity contribution is -0.117. The standard InChI is InChI=1S/C25H26ClFN4O5S/c1-16-24(28-15-29-25(16)36-22-7-6-20(13-21(22)27)37(2,33)34)35-19-8-10-31(11-9-19)14-23(32)30-18-5-3-4-17(26)12-18/h3-7,12-13,15,19H,8-11,14H2,1-2H3,(H,30,32). The van der Waals surface area contributed by atoms with Crippen molar-refractivity contribution in [2.24, 2.45) is 0 Å². The van der Waals surface area contributed by atoms with Crippen LogP contribution >= 0.6 is 11.6 Å². The van der Waals surface area contributed by atoms with Crippen molar-refractivity contribution in [3.63, 3.8) is 0 Å². The minimum atomic E-state index is -3.54. The number of sulfone groups is 1. The van der Waals surface area contributed by atoms with Gasteiger partial charge in [0, 0.05) is 30.1 Å². The van der Waals surface area contributed by atoms with E-state index in [0.29, 0.717) is 48.1 Å². The number of ether oxygens (including phenoxy) is 2. The van der Waals surface area contributed by atoms with Gasteiger partial charge in [0.05, 0.1) is 17.0 Å². The molecule has 1 fully saturated rings. The van der Waals surface area contributed by atoms with Gasteiger partial charge in [-0.1, -0.05) is 17.7 Å². The second kappa shape index (κ2) is 11.4. The van der Waals surface area contributed by atoms with Crippen LogP contribution in [0.15, 0.2) is 53.7 Å². The van der Waals surface area contributed by atoms with Crippen molar-refractivity contribution in [3.8, 4) is 17.5 Å². The predicted octanol–water partition coefficient (Wildman–Crippen LogP) is 4.26. The zero-order valence-electron chi connectivity index (χ0n) is 20.3. The molecule has 2 aromatic carbocycles. The number of hydrogen-bond acceptors (Lipinski definition) is 8. The normalized spacial score (nSPS) is 14.8. The summed E-state index contributed by atoms with van der Waals surface area (Å²) in [5.41, 5.74) is 1.14. The van der Waals surface area contributed by atoms with Crippen molar-refractivity contribution in [3.05, 3.63) is 65.2 Å². The number of carbonyl (C=O) groups is 1. The van der Waals surface area contributed by atoms with Crippen LogP contribution in [0.25, 0.3) is 0 Å². The van der Waals surface area contributed by atoms with Crippen LogP contribution in [0.5, 0.6) is 17.5 Å². The molecule has 0 spiro atoms. The van der Waals surface area contributed by atoms with E-state index in [1.807, 2.05) is 4.90 Å². The Bertz CT molecular complexity index is 1400. The summed E-state index contributed by atoms with van der Waals surface area (Å²) in [6, 6.07) is 10.4. The molecular weight excluding hydrogens is 523 g/mol. The number of nitrogens with one attached hydrogen (secondary N) is 1. The summed E-state index contributed by atoms with van der Waals surface area (Å²) in [6.45, 7) is 3.29. The molecule has 2 heterocycles. The molecule has 0 saturated carbocycles. The van der Waals surface area contributed by atoms with Gasteiger partial charge in [-0.3, -0.25) is 9.69 Å². The van der Waals surface area contributed by atoms with Gasteiger partial charge in [0.25, 0.3) is 0 Å². The van der Waals surface area contributed by atoms with E-state index < -0.39 is 15.7 Å². The summed E-state index contributed by atoms with van der Waals surface area (Å²) in [5, 5.41) is 3.40. The number of carbonyl (C=O) groups excluding carboxylic acids is 1. The Morgan fingerprint density at radius 3 is 2.57 bits per heavy atom. The monoisotopic (exact) mass is 548 g/mol. The Labute approximate surface area is 219 Å². The molecule has 1 aliphatic heterocycles. The van der Waals surface area contributed by atoms with Crippen molar-refractivity contribution in [2.75, 3.05) is 31.2 Å². The van der Waals surface area contributed by atoms with Gasteiger partial charge in [-0.2, -0.15) is 0 Å². The maximum absolute atomic E-state index is 14.4. The summed E-state index contributed by atoms with van der Waals surface area (Å²) in [7, 11) is -3.54. The highest BCUT2D eigenvalue weighted by molar-refractivity contribution is 7.90. The highest BCUT2D eigenvalue weighted by atomic mass is 35.5. The van der Waals surface area contributed by atoms with E-state index in [2.05, 4.69) is 15.3 Å². The van der Waals surface area contributed by atoms with Gasteiger partial charge in [0.2, 0.25) is 17.7 Å². The van der Waals surface area contributed by atoms with E-state index in [4.69, 9.17) is 21.1 Å². The minimum absolute atomic E-state index is 0.103. The van der Waals surface area contributed by atoms with E-state index in [-0.39, 0.29) is 35.1 Å². The van der Waals surface area contributed by atoms with Crippen LogP contribution in [0.1, 0.15) is 18.4 Å². The molecule has 0 aliphatic carbocycles. The van der Waals surface area contributed by atoms with Crippen molar-refractivity contribution in [2.45, 2.75) is 30.8 Å². The van der Waals surface area contributed by atoms with Crippen molar-refractivity contribution in [1.82, 2.24) is 14.9 Å². The first kappa shape index (κ1) is 26.8. The third-order valence-corrected chi connectivity index (χ3v) is 7.16. The van der Waals surface area contributed by atoms with Gasteiger partial charge in [0.15, 0.2) is 21.4 Å². The number of hydrogen-bond donors (Lipinski definition) is 1. The summed E-state index contributed by atoms with van der Waals surface area (Å²) >= 11 is 5.96. The highest BCUT2D eigenvalue weighted by Gasteiger charge is 2.24. The van der Waals surface area contributed by atoms with Crippen molar-refractivity contribution in [1.29, 1.82) is 0 Å². The molecule has 9 nitrogen and oxygen atoms in total. The predicted molar refractivity (Wildman–Crippen MR) is 137 cm³/mol. The summed E-state index contributed by atoms with van der Waals surface area (Å²) in [6.07, 6.45) is 3.51. The molecule has 0 atom stereocenters.